The van der Waals surface area contributed by atoms with Crippen LogP contribution >= 0.6 is 11.6 Å². The summed E-state index contributed by atoms with van der Waals surface area (Å²) in [6.07, 6.45) is 10.8. The summed E-state index contributed by atoms with van der Waals surface area (Å²) >= 11 is 5.82. The first kappa shape index (κ1) is 15.8. The Labute approximate surface area is 117 Å². The largest absolute Gasteiger partial charge is 0.341 e. The molecule has 1 aliphatic carbocycles. The molecule has 0 atom stereocenters. The summed E-state index contributed by atoms with van der Waals surface area (Å²) < 4.78 is 0. The maximum atomic E-state index is 12.5. The van der Waals surface area contributed by atoms with Crippen LogP contribution in [0.25, 0.3) is 0 Å². The van der Waals surface area contributed by atoms with E-state index >= 15 is 0 Å². The predicted molar refractivity (Wildman–Crippen MR) is 78.0 cm³/mol. The zero-order valence-corrected chi connectivity index (χ0v) is 12.6. The van der Waals surface area contributed by atoms with Gasteiger partial charge in [-0.25, -0.2) is 0 Å². The number of unbranched alkanes of at least 4 members (excludes halogenated alkanes) is 1. The molecular formula is C15H28ClNO. The summed E-state index contributed by atoms with van der Waals surface area (Å²) in [6, 6.07) is 0. The number of carbonyl (C=O) groups is 1. The Kier molecular flexibility index (Phi) is 8.49. The molecule has 0 aliphatic heterocycles. The number of hydrogen-bond acceptors (Lipinski definition) is 1. The smallest absolute Gasteiger partial charge is 0.225 e. The molecule has 1 fully saturated rings. The van der Waals surface area contributed by atoms with Crippen molar-refractivity contribution in [3.63, 3.8) is 0 Å². The van der Waals surface area contributed by atoms with Crippen LogP contribution in [0.5, 0.6) is 0 Å². The van der Waals surface area contributed by atoms with E-state index in [9.17, 15) is 4.79 Å². The Morgan fingerprint density at radius 2 is 1.72 bits per heavy atom. The zero-order valence-electron chi connectivity index (χ0n) is 11.8. The van der Waals surface area contributed by atoms with Crippen molar-refractivity contribution in [1.29, 1.82) is 0 Å². The first-order valence-corrected chi connectivity index (χ1v) is 8.17. The van der Waals surface area contributed by atoms with E-state index in [0.717, 1.165) is 38.8 Å². The molecule has 0 unspecified atom stereocenters. The Bertz CT molecular complexity index is 218. The van der Waals surface area contributed by atoms with Crippen molar-refractivity contribution in [1.82, 2.24) is 4.90 Å². The number of rotatable bonds is 6. The van der Waals surface area contributed by atoms with Crippen molar-refractivity contribution in [2.24, 2.45) is 5.92 Å². The van der Waals surface area contributed by atoms with Crippen LogP contribution in [0, 0.1) is 5.92 Å². The van der Waals surface area contributed by atoms with Crippen LogP contribution in [0.15, 0.2) is 0 Å². The van der Waals surface area contributed by atoms with E-state index in [1.807, 2.05) is 4.90 Å². The van der Waals surface area contributed by atoms with Gasteiger partial charge in [0.25, 0.3) is 0 Å². The van der Waals surface area contributed by atoms with Crippen LogP contribution in [-0.4, -0.2) is 29.8 Å². The summed E-state index contributed by atoms with van der Waals surface area (Å²) in [5.74, 6) is 1.19. The summed E-state index contributed by atoms with van der Waals surface area (Å²) in [5.41, 5.74) is 0. The summed E-state index contributed by atoms with van der Waals surface area (Å²) in [4.78, 5) is 14.5. The standard InChI is InChI=1S/C15H28ClNO/c1-2-3-12-17(13-11-16)15(18)14-9-7-5-4-6-8-10-14/h14H,2-13H2,1H3. The van der Waals surface area contributed by atoms with E-state index in [1.165, 1.54) is 32.1 Å². The number of carbonyl (C=O) groups excluding carboxylic acids is 1. The van der Waals surface area contributed by atoms with E-state index in [2.05, 4.69) is 6.92 Å². The van der Waals surface area contributed by atoms with Gasteiger partial charge in [-0.3, -0.25) is 4.79 Å². The molecule has 1 amide bonds. The Balaban J connectivity index is 2.49. The highest BCUT2D eigenvalue weighted by atomic mass is 35.5. The third-order valence-corrected chi connectivity index (χ3v) is 4.07. The molecule has 0 radical (unpaired) electrons. The Morgan fingerprint density at radius 3 is 2.28 bits per heavy atom. The molecule has 0 aromatic heterocycles. The minimum atomic E-state index is 0.269. The third-order valence-electron chi connectivity index (χ3n) is 3.90. The van der Waals surface area contributed by atoms with Crippen LogP contribution in [0.2, 0.25) is 0 Å². The van der Waals surface area contributed by atoms with Crippen molar-refractivity contribution in [3.8, 4) is 0 Å². The highest BCUT2D eigenvalue weighted by Gasteiger charge is 2.23. The quantitative estimate of drug-likeness (QED) is 0.664. The molecule has 0 aromatic carbocycles. The molecule has 18 heavy (non-hydrogen) atoms. The highest BCUT2D eigenvalue weighted by molar-refractivity contribution is 6.18. The number of amides is 1. The molecule has 0 heterocycles. The molecule has 0 bridgehead atoms. The van der Waals surface area contributed by atoms with Gasteiger partial charge < -0.3 is 4.90 Å². The van der Waals surface area contributed by atoms with Crippen molar-refractivity contribution in [2.75, 3.05) is 19.0 Å². The van der Waals surface area contributed by atoms with Gasteiger partial charge in [0.1, 0.15) is 0 Å². The van der Waals surface area contributed by atoms with Crippen LogP contribution < -0.4 is 0 Å². The predicted octanol–water partition coefficient (Wildman–Crippen LogP) is 4.21. The number of halogens is 1. The monoisotopic (exact) mass is 273 g/mol. The molecule has 3 heteroatoms. The lowest BCUT2D eigenvalue weighted by molar-refractivity contribution is -0.136. The van der Waals surface area contributed by atoms with Gasteiger partial charge in [-0.2, -0.15) is 0 Å². The van der Waals surface area contributed by atoms with E-state index in [4.69, 9.17) is 11.6 Å². The van der Waals surface area contributed by atoms with Gasteiger partial charge in [-0.05, 0) is 19.3 Å². The second-order valence-electron chi connectivity index (χ2n) is 5.41. The lowest BCUT2D eigenvalue weighted by atomic mass is 9.90. The Hall–Kier alpha value is -0.240. The summed E-state index contributed by atoms with van der Waals surface area (Å²) in [5, 5.41) is 0. The lowest BCUT2D eigenvalue weighted by Crippen LogP contribution is -2.38. The fourth-order valence-electron chi connectivity index (χ4n) is 2.74. The van der Waals surface area contributed by atoms with Gasteiger partial charge in [0.15, 0.2) is 0 Å². The number of hydrogen-bond donors (Lipinski definition) is 0. The molecule has 106 valence electrons. The zero-order chi connectivity index (χ0) is 13.2. The average molecular weight is 274 g/mol. The first-order valence-electron chi connectivity index (χ1n) is 7.64. The van der Waals surface area contributed by atoms with Crippen LogP contribution in [0.1, 0.15) is 64.7 Å². The van der Waals surface area contributed by atoms with Crippen molar-refractivity contribution in [3.05, 3.63) is 0 Å². The normalized spacial score (nSPS) is 18.1. The maximum Gasteiger partial charge on any atom is 0.225 e. The van der Waals surface area contributed by atoms with E-state index < -0.39 is 0 Å². The van der Waals surface area contributed by atoms with Crippen LogP contribution in [-0.2, 0) is 4.79 Å². The molecule has 0 aromatic rings. The number of alkyl halides is 1. The van der Waals surface area contributed by atoms with E-state index in [1.54, 1.807) is 0 Å². The maximum absolute atomic E-state index is 12.5. The summed E-state index contributed by atoms with van der Waals surface area (Å²) in [6.45, 7) is 3.77. The molecule has 0 saturated heterocycles. The minimum Gasteiger partial charge on any atom is -0.341 e. The van der Waals surface area contributed by atoms with Crippen LogP contribution in [0.4, 0.5) is 0 Å². The highest BCUT2D eigenvalue weighted by Crippen LogP contribution is 2.24. The van der Waals surface area contributed by atoms with Gasteiger partial charge >= 0.3 is 0 Å². The molecule has 0 N–H and O–H groups in total. The van der Waals surface area contributed by atoms with E-state index in [0.29, 0.717) is 11.8 Å². The van der Waals surface area contributed by atoms with Gasteiger partial charge in [0.05, 0.1) is 0 Å². The fraction of sp³-hybridized carbons (Fsp3) is 0.933. The van der Waals surface area contributed by atoms with Crippen molar-refractivity contribution >= 4 is 17.5 Å². The lowest BCUT2D eigenvalue weighted by Gasteiger charge is -2.28. The molecular weight excluding hydrogens is 246 g/mol. The van der Waals surface area contributed by atoms with Crippen molar-refractivity contribution < 1.29 is 4.79 Å². The molecule has 2 nitrogen and oxygen atoms in total. The number of nitrogens with zero attached hydrogens (tertiary/aromatic N) is 1. The van der Waals surface area contributed by atoms with Gasteiger partial charge in [-0.1, -0.05) is 45.4 Å². The third kappa shape index (κ3) is 5.60. The molecule has 0 spiro atoms. The first-order chi connectivity index (χ1) is 8.79. The fourth-order valence-corrected chi connectivity index (χ4v) is 2.95. The topological polar surface area (TPSA) is 20.3 Å². The average Bonchev–Trinajstić information content (AvgIpc) is 2.33. The second kappa shape index (κ2) is 9.66. The van der Waals surface area contributed by atoms with Crippen molar-refractivity contribution in [2.45, 2.75) is 64.7 Å². The van der Waals surface area contributed by atoms with Gasteiger partial charge in [0.2, 0.25) is 5.91 Å². The second-order valence-corrected chi connectivity index (χ2v) is 5.79. The van der Waals surface area contributed by atoms with Gasteiger partial charge in [-0.15, -0.1) is 11.6 Å². The molecule has 1 rings (SSSR count). The van der Waals surface area contributed by atoms with Gasteiger partial charge in [0, 0.05) is 24.9 Å². The Morgan fingerprint density at radius 1 is 1.11 bits per heavy atom. The van der Waals surface area contributed by atoms with E-state index in [-0.39, 0.29) is 5.92 Å². The molecule has 1 aliphatic rings. The SMILES string of the molecule is CCCCN(CCCl)C(=O)C1CCCCCCC1. The van der Waals surface area contributed by atoms with Crippen LogP contribution in [0.3, 0.4) is 0 Å². The molecule has 1 saturated carbocycles. The minimum absolute atomic E-state index is 0.269. The summed E-state index contributed by atoms with van der Waals surface area (Å²) in [7, 11) is 0.